The fourth-order valence-electron chi connectivity index (χ4n) is 4.38. The number of hydrogen-bond acceptors (Lipinski definition) is 3. The number of amides is 2. The molecule has 2 saturated carbocycles. The second-order valence-corrected chi connectivity index (χ2v) is 8.49. The van der Waals surface area contributed by atoms with Gasteiger partial charge in [0.25, 0.3) is 0 Å². The van der Waals surface area contributed by atoms with Gasteiger partial charge in [-0.15, -0.1) is 0 Å². The number of hydrogen-bond donors (Lipinski definition) is 1. The van der Waals surface area contributed by atoms with E-state index in [0.29, 0.717) is 5.69 Å². The van der Waals surface area contributed by atoms with E-state index in [0.717, 1.165) is 6.42 Å². The van der Waals surface area contributed by atoms with Crippen molar-refractivity contribution in [2.75, 3.05) is 4.90 Å². The first-order chi connectivity index (χ1) is 10.9. The Morgan fingerprint density at radius 2 is 1.65 bits per heavy atom. The van der Waals surface area contributed by atoms with E-state index in [2.05, 4.69) is 31.9 Å². The van der Waals surface area contributed by atoms with Crippen molar-refractivity contribution in [2.45, 2.75) is 16.1 Å². The highest BCUT2D eigenvalue weighted by molar-refractivity contribution is 9.12. The second-order valence-electron chi connectivity index (χ2n) is 6.37. The molecule has 120 valence electrons. The molecule has 0 aromatic heterocycles. The van der Waals surface area contributed by atoms with Gasteiger partial charge in [0.2, 0.25) is 11.8 Å². The number of nitrogens with zero attached hydrogens (tertiary/aromatic N) is 1. The van der Waals surface area contributed by atoms with Crippen LogP contribution in [0.4, 0.5) is 5.69 Å². The van der Waals surface area contributed by atoms with E-state index in [1.165, 1.54) is 17.0 Å². The Kier molecular flexibility index (Phi) is 3.43. The predicted octanol–water partition coefficient (Wildman–Crippen LogP) is 2.67. The number of aromatic carboxylic acids is 1. The van der Waals surface area contributed by atoms with E-state index < -0.39 is 5.97 Å². The van der Waals surface area contributed by atoms with Gasteiger partial charge < -0.3 is 5.11 Å². The molecule has 2 aliphatic carbocycles. The molecule has 2 amide bonds. The minimum Gasteiger partial charge on any atom is -0.478 e. The number of alkyl halides is 2. The largest absolute Gasteiger partial charge is 0.478 e. The number of carboxylic acid groups (broad SMARTS) is 1. The number of carboxylic acids is 1. The summed E-state index contributed by atoms with van der Waals surface area (Å²) in [6.07, 6.45) is 0.877. The van der Waals surface area contributed by atoms with Crippen LogP contribution in [0.5, 0.6) is 0 Å². The number of rotatable bonds is 2. The van der Waals surface area contributed by atoms with Crippen LogP contribution in [-0.4, -0.2) is 32.5 Å². The highest BCUT2D eigenvalue weighted by Gasteiger charge is 2.66. The smallest absolute Gasteiger partial charge is 0.335 e. The lowest BCUT2D eigenvalue weighted by molar-refractivity contribution is -0.123. The van der Waals surface area contributed by atoms with Gasteiger partial charge in [-0.2, -0.15) is 0 Å². The van der Waals surface area contributed by atoms with Gasteiger partial charge in [0.05, 0.1) is 23.1 Å². The SMILES string of the molecule is O=C(O)c1cccc(N2C(=O)[C@@H]3[C@@H]4C[C@@H]([C@H](Br)[C@@H]4Br)[C@@H]3C2=O)c1. The zero-order chi connectivity index (χ0) is 16.5. The van der Waals surface area contributed by atoms with Gasteiger partial charge in [-0.25, -0.2) is 4.79 Å². The molecule has 5 nitrogen and oxygen atoms in total. The zero-order valence-electron chi connectivity index (χ0n) is 11.9. The topological polar surface area (TPSA) is 74.7 Å². The Labute approximate surface area is 149 Å². The third-order valence-electron chi connectivity index (χ3n) is 5.34. The molecule has 2 bridgehead atoms. The van der Waals surface area contributed by atoms with Gasteiger partial charge in [-0.3, -0.25) is 14.5 Å². The molecule has 23 heavy (non-hydrogen) atoms. The maximum atomic E-state index is 12.8. The summed E-state index contributed by atoms with van der Waals surface area (Å²) < 4.78 is 0. The summed E-state index contributed by atoms with van der Waals surface area (Å²) in [4.78, 5) is 38.4. The lowest BCUT2D eigenvalue weighted by atomic mass is 9.81. The molecule has 3 aliphatic rings. The molecule has 6 atom stereocenters. The molecule has 0 unspecified atom stereocenters. The molecule has 3 fully saturated rings. The molecule has 1 heterocycles. The number of imide groups is 1. The van der Waals surface area contributed by atoms with Gasteiger partial charge in [-0.1, -0.05) is 37.9 Å². The van der Waals surface area contributed by atoms with E-state index in [9.17, 15) is 14.4 Å². The minimum absolute atomic E-state index is 0.0693. The van der Waals surface area contributed by atoms with E-state index >= 15 is 0 Å². The fourth-order valence-corrected chi connectivity index (χ4v) is 6.25. The van der Waals surface area contributed by atoms with Crippen LogP contribution in [0.25, 0.3) is 0 Å². The van der Waals surface area contributed by atoms with Crippen molar-refractivity contribution in [2.24, 2.45) is 23.7 Å². The Morgan fingerprint density at radius 3 is 2.17 bits per heavy atom. The van der Waals surface area contributed by atoms with Crippen LogP contribution in [0.1, 0.15) is 16.8 Å². The number of benzene rings is 1. The average Bonchev–Trinajstić information content (AvgIpc) is 3.12. The summed E-state index contributed by atoms with van der Waals surface area (Å²) in [5, 5.41) is 9.11. The van der Waals surface area contributed by atoms with Crippen molar-refractivity contribution >= 4 is 55.3 Å². The maximum absolute atomic E-state index is 12.8. The lowest BCUT2D eigenvalue weighted by Crippen LogP contribution is -2.37. The Morgan fingerprint density at radius 1 is 1.09 bits per heavy atom. The van der Waals surface area contributed by atoms with Gasteiger partial charge >= 0.3 is 5.97 Å². The standard InChI is InChI=1S/C16H13Br2NO4/c17-12-8-5-9(13(12)18)11-10(8)14(20)19(15(11)21)7-3-1-2-6(4-7)16(22)23/h1-4,8-13H,5H2,(H,22,23)/t8-,9+,10+,11-,12+,13-. The third kappa shape index (κ3) is 1.99. The monoisotopic (exact) mass is 441 g/mol. The average molecular weight is 443 g/mol. The normalized spacial score (nSPS) is 38.3. The van der Waals surface area contributed by atoms with E-state index in [4.69, 9.17) is 5.11 Å². The van der Waals surface area contributed by atoms with Crippen molar-refractivity contribution < 1.29 is 19.5 Å². The molecule has 0 spiro atoms. The van der Waals surface area contributed by atoms with Crippen molar-refractivity contribution in [3.8, 4) is 0 Å². The van der Waals surface area contributed by atoms with Crippen LogP contribution in [0, 0.1) is 23.7 Å². The third-order valence-corrected chi connectivity index (χ3v) is 8.55. The molecule has 0 radical (unpaired) electrons. The van der Waals surface area contributed by atoms with Crippen molar-refractivity contribution in [1.29, 1.82) is 0 Å². The van der Waals surface area contributed by atoms with E-state index in [1.807, 2.05) is 0 Å². The Bertz CT molecular complexity index is 705. The number of carbonyl (C=O) groups excluding carboxylic acids is 2. The molecule has 1 aliphatic heterocycles. The van der Waals surface area contributed by atoms with Crippen molar-refractivity contribution in [3.63, 3.8) is 0 Å². The number of halogens is 2. The number of fused-ring (bicyclic) bond motifs is 5. The molecule has 7 heteroatoms. The van der Waals surface area contributed by atoms with Crippen LogP contribution in [0.3, 0.4) is 0 Å². The lowest BCUT2D eigenvalue weighted by Gasteiger charge is -2.28. The first kappa shape index (κ1) is 15.3. The quantitative estimate of drug-likeness (QED) is 0.564. The van der Waals surface area contributed by atoms with Crippen LogP contribution < -0.4 is 4.90 Å². The van der Waals surface area contributed by atoms with Gasteiger partial charge in [-0.05, 0) is 36.5 Å². The molecule has 4 rings (SSSR count). The van der Waals surface area contributed by atoms with Crippen LogP contribution in [0.15, 0.2) is 24.3 Å². The first-order valence-corrected chi connectivity index (χ1v) is 9.24. The van der Waals surface area contributed by atoms with Crippen LogP contribution in [0.2, 0.25) is 0 Å². The first-order valence-electron chi connectivity index (χ1n) is 7.41. The zero-order valence-corrected chi connectivity index (χ0v) is 15.0. The molecule has 1 aromatic rings. The highest BCUT2D eigenvalue weighted by atomic mass is 79.9. The number of anilines is 1. The molecule has 1 aromatic carbocycles. The molecular weight excluding hydrogens is 430 g/mol. The molecular formula is C16H13Br2NO4. The van der Waals surface area contributed by atoms with Crippen molar-refractivity contribution in [1.82, 2.24) is 0 Å². The van der Waals surface area contributed by atoms with Crippen LogP contribution in [-0.2, 0) is 9.59 Å². The summed E-state index contributed by atoms with van der Waals surface area (Å²) in [6, 6.07) is 6.01. The number of carbonyl (C=O) groups is 3. The highest BCUT2D eigenvalue weighted by Crippen LogP contribution is 2.60. The summed E-state index contributed by atoms with van der Waals surface area (Å²) in [5.74, 6) is -1.75. The summed E-state index contributed by atoms with van der Waals surface area (Å²) in [7, 11) is 0. The second kappa shape index (κ2) is 5.14. The fraction of sp³-hybridized carbons (Fsp3) is 0.438. The van der Waals surface area contributed by atoms with E-state index in [1.54, 1.807) is 12.1 Å². The summed E-state index contributed by atoms with van der Waals surface area (Å²) >= 11 is 7.29. The predicted molar refractivity (Wildman–Crippen MR) is 89.9 cm³/mol. The van der Waals surface area contributed by atoms with Gasteiger partial charge in [0.1, 0.15) is 0 Å². The Hall–Kier alpha value is -1.21. The van der Waals surface area contributed by atoms with Gasteiger partial charge in [0.15, 0.2) is 0 Å². The minimum atomic E-state index is -1.08. The van der Waals surface area contributed by atoms with E-state index in [-0.39, 0.29) is 50.7 Å². The summed E-state index contributed by atoms with van der Waals surface area (Å²) in [5.41, 5.74) is 0.422. The maximum Gasteiger partial charge on any atom is 0.335 e. The van der Waals surface area contributed by atoms with Crippen LogP contribution >= 0.6 is 31.9 Å². The molecule has 1 saturated heterocycles. The Balaban J connectivity index is 1.73. The summed E-state index contributed by atoms with van der Waals surface area (Å²) in [6.45, 7) is 0. The van der Waals surface area contributed by atoms with Gasteiger partial charge in [0, 0.05) is 9.65 Å². The van der Waals surface area contributed by atoms with Crippen molar-refractivity contribution in [3.05, 3.63) is 29.8 Å². The molecule has 1 N–H and O–H groups in total.